The molecule has 0 spiro atoms. The zero-order valence-corrected chi connectivity index (χ0v) is 9.65. The van der Waals surface area contributed by atoms with Gasteiger partial charge in [0.25, 0.3) is 0 Å². The Morgan fingerprint density at radius 1 is 1.35 bits per heavy atom. The normalized spacial score (nSPS) is 9.88. The molecular weight excluding hydrogens is 218 g/mol. The Morgan fingerprint density at radius 2 is 2.12 bits per heavy atom. The highest BCUT2D eigenvalue weighted by atomic mass is 16.3. The maximum Gasteiger partial charge on any atom is 0.220 e. The van der Waals surface area contributed by atoms with Gasteiger partial charge in [0, 0.05) is 13.0 Å². The molecule has 1 amide bonds. The fourth-order valence-corrected chi connectivity index (χ4v) is 1.39. The average molecular weight is 235 g/mol. The van der Waals surface area contributed by atoms with Crippen molar-refractivity contribution in [3.05, 3.63) is 36.4 Å². The van der Waals surface area contributed by atoms with Crippen molar-refractivity contribution in [1.29, 1.82) is 0 Å². The fraction of sp³-hybridized carbons (Fsp3) is 0.308. The monoisotopic (exact) mass is 235 g/mol. The van der Waals surface area contributed by atoms with Crippen molar-refractivity contribution in [3.63, 3.8) is 0 Å². The van der Waals surface area contributed by atoms with Crippen LogP contribution >= 0.6 is 0 Å². The van der Waals surface area contributed by atoms with Gasteiger partial charge in [0.2, 0.25) is 5.91 Å². The molecule has 0 bridgehead atoms. The molecule has 0 fully saturated rings. The van der Waals surface area contributed by atoms with Gasteiger partial charge in [-0.2, -0.15) is 0 Å². The van der Waals surface area contributed by atoms with Gasteiger partial charge < -0.3 is 15.5 Å². The number of carbonyl (C=O) groups is 1. The Labute approximate surface area is 101 Å². The molecule has 4 nitrogen and oxygen atoms in total. The Hall–Kier alpha value is -1.97. The van der Waals surface area contributed by atoms with Crippen molar-refractivity contribution in [1.82, 2.24) is 5.32 Å². The van der Waals surface area contributed by atoms with Crippen molar-refractivity contribution < 1.29 is 15.0 Å². The van der Waals surface area contributed by atoms with E-state index in [1.54, 1.807) is 12.1 Å². The second kappa shape index (κ2) is 6.58. The molecule has 0 saturated heterocycles. The number of rotatable bonds is 6. The van der Waals surface area contributed by atoms with Gasteiger partial charge in [-0.05, 0) is 30.5 Å². The minimum atomic E-state index is -0.138. The number of phenols is 2. The summed E-state index contributed by atoms with van der Waals surface area (Å²) in [6, 6.07) is 4.64. The molecule has 1 rings (SSSR count). The number of amides is 1. The minimum absolute atomic E-state index is 0.00657. The number of hydrogen-bond donors (Lipinski definition) is 3. The topological polar surface area (TPSA) is 69.6 Å². The predicted molar refractivity (Wildman–Crippen MR) is 65.9 cm³/mol. The second-order valence-corrected chi connectivity index (χ2v) is 3.75. The largest absolute Gasteiger partial charge is 0.504 e. The highest BCUT2D eigenvalue weighted by Gasteiger charge is 2.02. The number of phenolic OH excluding ortho intramolecular Hbond substituents is 2. The molecular formula is C13H17NO3. The lowest BCUT2D eigenvalue weighted by atomic mass is 10.1. The van der Waals surface area contributed by atoms with Crippen LogP contribution in [-0.4, -0.2) is 22.7 Å². The van der Waals surface area contributed by atoms with Crippen LogP contribution in [0.15, 0.2) is 30.9 Å². The van der Waals surface area contributed by atoms with Crippen molar-refractivity contribution in [2.45, 2.75) is 19.3 Å². The smallest absolute Gasteiger partial charge is 0.220 e. The lowest BCUT2D eigenvalue weighted by Crippen LogP contribution is -2.25. The fourth-order valence-electron chi connectivity index (χ4n) is 1.39. The Morgan fingerprint density at radius 3 is 2.76 bits per heavy atom. The standard InChI is InChI=1S/C13H17NO3/c1-2-3-4-13(17)14-8-7-10-5-6-11(15)12(16)9-10/h2,5-6,9,15-16H,1,3-4,7-8H2,(H,14,17). The zero-order chi connectivity index (χ0) is 12.7. The van der Waals surface area contributed by atoms with Crippen molar-refractivity contribution >= 4 is 5.91 Å². The summed E-state index contributed by atoms with van der Waals surface area (Å²) < 4.78 is 0. The molecule has 0 aliphatic rings. The number of carbonyl (C=O) groups excluding carboxylic acids is 1. The molecule has 3 N–H and O–H groups in total. The van der Waals surface area contributed by atoms with Crippen LogP contribution in [0, 0.1) is 0 Å². The molecule has 0 radical (unpaired) electrons. The average Bonchev–Trinajstić information content (AvgIpc) is 2.31. The summed E-state index contributed by atoms with van der Waals surface area (Å²) in [4.78, 5) is 11.3. The first kappa shape index (κ1) is 13.1. The van der Waals surface area contributed by atoms with E-state index in [0.717, 1.165) is 5.56 Å². The molecule has 0 aliphatic heterocycles. The van der Waals surface area contributed by atoms with E-state index in [-0.39, 0.29) is 17.4 Å². The SMILES string of the molecule is C=CCCC(=O)NCCc1ccc(O)c(O)c1. The molecule has 0 aliphatic carbocycles. The summed E-state index contributed by atoms with van der Waals surface area (Å²) in [5.41, 5.74) is 0.865. The van der Waals surface area contributed by atoms with E-state index >= 15 is 0 Å². The third-order valence-electron chi connectivity index (χ3n) is 2.35. The van der Waals surface area contributed by atoms with Gasteiger partial charge in [-0.3, -0.25) is 4.79 Å². The van der Waals surface area contributed by atoms with Crippen LogP contribution in [0.1, 0.15) is 18.4 Å². The molecule has 0 heterocycles. The van der Waals surface area contributed by atoms with Gasteiger partial charge in [0.15, 0.2) is 11.5 Å². The third-order valence-corrected chi connectivity index (χ3v) is 2.35. The summed E-state index contributed by atoms with van der Waals surface area (Å²) in [7, 11) is 0. The van der Waals surface area contributed by atoms with Crippen molar-refractivity contribution in [3.8, 4) is 11.5 Å². The number of aromatic hydroxyl groups is 2. The lowest BCUT2D eigenvalue weighted by Gasteiger charge is -2.05. The van der Waals surface area contributed by atoms with Crippen LogP contribution in [0.25, 0.3) is 0 Å². The Balaban J connectivity index is 2.33. The zero-order valence-electron chi connectivity index (χ0n) is 9.65. The minimum Gasteiger partial charge on any atom is -0.504 e. The number of allylic oxidation sites excluding steroid dienone is 1. The molecule has 0 aromatic heterocycles. The van der Waals surface area contributed by atoms with Crippen molar-refractivity contribution in [2.24, 2.45) is 0 Å². The van der Waals surface area contributed by atoms with E-state index in [4.69, 9.17) is 5.11 Å². The van der Waals surface area contributed by atoms with E-state index in [9.17, 15) is 9.90 Å². The second-order valence-electron chi connectivity index (χ2n) is 3.75. The maximum absolute atomic E-state index is 11.3. The summed E-state index contributed by atoms with van der Waals surface area (Å²) in [5.74, 6) is -0.280. The highest BCUT2D eigenvalue weighted by Crippen LogP contribution is 2.24. The van der Waals surface area contributed by atoms with Crippen LogP contribution < -0.4 is 5.32 Å². The first-order chi connectivity index (χ1) is 8.13. The summed E-state index contributed by atoms with van der Waals surface area (Å²) >= 11 is 0. The van der Waals surface area contributed by atoms with E-state index in [1.807, 2.05) is 0 Å². The molecule has 0 atom stereocenters. The van der Waals surface area contributed by atoms with E-state index in [0.29, 0.717) is 25.8 Å². The van der Waals surface area contributed by atoms with Crippen LogP contribution in [0.2, 0.25) is 0 Å². The summed E-state index contributed by atoms with van der Waals surface area (Å²) in [6.45, 7) is 4.06. The predicted octanol–water partition coefficient (Wildman–Crippen LogP) is 1.72. The highest BCUT2D eigenvalue weighted by molar-refractivity contribution is 5.75. The van der Waals surface area contributed by atoms with E-state index < -0.39 is 0 Å². The van der Waals surface area contributed by atoms with Gasteiger partial charge in [0.1, 0.15) is 0 Å². The van der Waals surface area contributed by atoms with Gasteiger partial charge in [0.05, 0.1) is 0 Å². The first-order valence-electron chi connectivity index (χ1n) is 5.52. The molecule has 1 aromatic rings. The number of hydrogen-bond acceptors (Lipinski definition) is 3. The van der Waals surface area contributed by atoms with Gasteiger partial charge in [-0.1, -0.05) is 12.1 Å². The number of nitrogens with one attached hydrogen (secondary N) is 1. The molecule has 4 heteroatoms. The molecule has 0 saturated carbocycles. The molecule has 92 valence electrons. The Kier molecular flexibility index (Phi) is 5.07. The Bertz CT molecular complexity index is 402. The molecule has 17 heavy (non-hydrogen) atoms. The van der Waals surface area contributed by atoms with Crippen LogP contribution in [0.4, 0.5) is 0 Å². The summed E-state index contributed by atoms with van der Waals surface area (Å²) in [6.07, 6.45) is 3.45. The quantitative estimate of drug-likeness (QED) is 0.519. The first-order valence-corrected chi connectivity index (χ1v) is 5.52. The van der Waals surface area contributed by atoms with Gasteiger partial charge in [-0.15, -0.1) is 6.58 Å². The van der Waals surface area contributed by atoms with Gasteiger partial charge in [-0.25, -0.2) is 0 Å². The van der Waals surface area contributed by atoms with E-state index in [1.165, 1.54) is 12.1 Å². The summed E-state index contributed by atoms with van der Waals surface area (Å²) in [5, 5.41) is 21.2. The maximum atomic E-state index is 11.3. The van der Waals surface area contributed by atoms with Crippen molar-refractivity contribution in [2.75, 3.05) is 6.54 Å². The van der Waals surface area contributed by atoms with Gasteiger partial charge >= 0.3 is 0 Å². The molecule has 1 aromatic carbocycles. The lowest BCUT2D eigenvalue weighted by molar-refractivity contribution is -0.120. The van der Waals surface area contributed by atoms with E-state index in [2.05, 4.69) is 11.9 Å². The van der Waals surface area contributed by atoms with Crippen LogP contribution in [-0.2, 0) is 11.2 Å². The van der Waals surface area contributed by atoms with Crippen LogP contribution in [0.5, 0.6) is 11.5 Å². The third kappa shape index (κ3) is 4.59. The molecule has 0 unspecified atom stereocenters. The van der Waals surface area contributed by atoms with Crippen LogP contribution in [0.3, 0.4) is 0 Å². The number of benzene rings is 1.